The van der Waals surface area contributed by atoms with Crippen molar-refractivity contribution in [2.45, 2.75) is 6.54 Å². The molecule has 1 aromatic heterocycles. The third-order valence-electron chi connectivity index (χ3n) is 3.33. The van der Waals surface area contributed by atoms with E-state index in [1.165, 1.54) is 11.3 Å². The Kier molecular flexibility index (Phi) is 2.05. The number of benzene rings is 1. The van der Waals surface area contributed by atoms with Gasteiger partial charge in [-0.2, -0.15) is 0 Å². The molecule has 2 aliphatic heterocycles. The standard InChI is InChI=1S/C13H9N3O2S/c17-11-9(7-3-1-2-4-8(7)15-11)10-12(18)16-6-5-14-13(16)19-10/h1-4H,5-6H2,(H,15,17)/b10-9-. The highest BCUT2D eigenvalue weighted by Gasteiger charge is 2.26. The Balaban J connectivity index is 2.16. The molecule has 5 nitrogen and oxygen atoms in total. The van der Waals surface area contributed by atoms with E-state index in [-0.39, 0.29) is 11.5 Å². The van der Waals surface area contributed by atoms with E-state index < -0.39 is 0 Å². The van der Waals surface area contributed by atoms with E-state index in [2.05, 4.69) is 10.3 Å². The number of carbonyl (C=O) groups excluding carboxylic acids is 1. The van der Waals surface area contributed by atoms with Gasteiger partial charge in [0.1, 0.15) is 4.53 Å². The van der Waals surface area contributed by atoms with Gasteiger partial charge in [0.25, 0.3) is 11.5 Å². The molecule has 0 atom stereocenters. The Bertz CT molecular complexity index is 891. The summed E-state index contributed by atoms with van der Waals surface area (Å²) in [5.74, 6) is -0.209. The van der Waals surface area contributed by atoms with Crippen molar-refractivity contribution >= 4 is 28.5 Å². The van der Waals surface area contributed by atoms with Crippen LogP contribution >= 0.6 is 11.3 Å². The van der Waals surface area contributed by atoms with Gasteiger partial charge in [0, 0.05) is 17.8 Å². The molecule has 4 rings (SSSR count). The third-order valence-corrected chi connectivity index (χ3v) is 4.45. The summed E-state index contributed by atoms with van der Waals surface area (Å²) in [6, 6.07) is 7.42. The number of amides is 1. The third kappa shape index (κ3) is 1.37. The molecule has 0 fully saturated rings. The molecule has 0 saturated heterocycles. The molecule has 6 heteroatoms. The number of thiazole rings is 1. The van der Waals surface area contributed by atoms with Crippen LogP contribution in [0.3, 0.4) is 0 Å². The molecule has 0 spiro atoms. The molecule has 1 N–H and O–H groups in total. The number of fused-ring (bicyclic) bond motifs is 2. The van der Waals surface area contributed by atoms with Crippen molar-refractivity contribution in [1.82, 2.24) is 4.57 Å². The van der Waals surface area contributed by atoms with Crippen molar-refractivity contribution in [2.24, 2.45) is 4.99 Å². The van der Waals surface area contributed by atoms with Crippen molar-refractivity contribution in [3.63, 3.8) is 0 Å². The number of rotatable bonds is 0. The van der Waals surface area contributed by atoms with Gasteiger partial charge in [-0.25, -0.2) is 0 Å². The average Bonchev–Trinajstić information content (AvgIpc) is 3.04. The maximum absolute atomic E-state index is 12.3. The topological polar surface area (TPSA) is 63.5 Å². The van der Waals surface area contributed by atoms with Crippen LogP contribution in [0, 0.1) is 0 Å². The first-order valence-electron chi connectivity index (χ1n) is 5.95. The average molecular weight is 271 g/mol. The normalized spacial score (nSPS) is 18.8. The molecule has 2 aliphatic rings. The number of aromatic nitrogens is 1. The monoisotopic (exact) mass is 271 g/mol. The van der Waals surface area contributed by atoms with E-state index in [4.69, 9.17) is 0 Å². The molecule has 19 heavy (non-hydrogen) atoms. The fourth-order valence-corrected chi connectivity index (χ4v) is 3.59. The summed E-state index contributed by atoms with van der Waals surface area (Å²) >= 11 is 1.30. The number of hydrogen-bond donors (Lipinski definition) is 1. The molecule has 3 heterocycles. The predicted octanol–water partition coefficient (Wildman–Crippen LogP) is -0.306. The van der Waals surface area contributed by atoms with Crippen LogP contribution in [-0.2, 0) is 11.3 Å². The molecule has 0 bridgehead atoms. The van der Waals surface area contributed by atoms with E-state index in [9.17, 15) is 9.59 Å². The summed E-state index contributed by atoms with van der Waals surface area (Å²) in [6.45, 7) is 1.26. The lowest BCUT2D eigenvalue weighted by atomic mass is 10.1. The number of anilines is 1. The zero-order valence-corrected chi connectivity index (χ0v) is 10.7. The van der Waals surface area contributed by atoms with Gasteiger partial charge in [-0.1, -0.05) is 29.5 Å². The maximum atomic E-state index is 12.3. The molecule has 0 aliphatic carbocycles. The molecule has 0 saturated carbocycles. The molecule has 0 unspecified atom stereocenters. The second-order valence-corrected chi connectivity index (χ2v) is 5.40. The summed E-state index contributed by atoms with van der Waals surface area (Å²) in [6.07, 6.45) is 0. The number of hydrogen-bond acceptors (Lipinski definition) is 4. The molecule has 94 valence electrons. The van der Waals surface area contributed by atoms with E-state index in [1.54, 1.807) is 4.57 Å². The lowest BCUT2D eigenvalue weighted by molar-refractivity contribution is -0.110. The quantitative estimate of drug-likeness (QED) is 0.714. The van der Waals surface area contributed by atoms with Gasteiger partial charge in [-0.15, -0.1) is 0 Å². The van der Waals surface area contributed by atoms with E-state index >= 15 is 0 Å². The van der Waals surface area contributed by atoms with E-state index in [1.807, 2.05) is 24.3 Å². The lowest BCUT2D eigenvalue weighted by Crippen LogP contribution is -2.32. The van der Waals surface area contributed by atoms with Crippen LogP contribution in [0.15, 0.2) is 34.1 Å². The van der Waals surface area contributed by atoms with E-state index in [0.717, 1.165) is 11.3 Å². The summed E-state index contributed by atoms with van der Waals surface area (Å²) in [5, 5.41) is 2.79. The van der Waals surface area contributed by atoms with E-state index in [0.29, 0.717) is 28.0 Å². The number of nitrogens with zero attached hydrogens (tertiary/aromatic N) is 2. The second-order valence-electron chi connectivity index (χ2n) is 4.43. The Morgan fingerprint density at radius 1 is 1.26 bits per heavy atom. The second kappa shape index (κ2) is 3.64. The van der Waals surface area contributed by atoms with Gasteiger partial charge >= 0.3 is 0 Å². The summed E-state index contributed by atoms with van der Waals surface area (Å²) in [5.41, 5.74) is 1.92. The van der Waals surface area contributed by atoms with Gasteiger partial charge in [0.15, 0.2) is 4.80 Å². The minimum Gasteiger partial charge on any atom is -0.321 e. The van der Waals surface area contributed by atoms with Crippen molar-refractivity contribution in [2.75, 3.05) is 11.9 Å². The zero-order chi connectivity index (χ0) is 13.0. The Labute approximate surface area is 111 Å². The number of carbonyl (C=O) groups is 1. The molecule has 2 aromatic rings. The van der Waals surface area contributed by atoms with Gasteiger partial charge in [0.2, 0.25) is 0 Å². The Hall–Kier alpha value is -2.21. The molecule has 0 radical (unpaired) electrons. The van der Waals surface area contributed by atoms with Gasteiger partial charge < -0.3 is 5.32 Å². The van der Waals surface area contributed by atoms with Crippen molar-refractivity contribution in [1.29, 1.82) is 0 Å². The summed E-state index contributed by atoms with van der Waals surface area (Å²) < 4.78 is 2.13. The van der Waals surface area contributed by atoms with Crippen molar-refractivity contribution < 1.29 is 4.79 Å². The molecule has 1 amide bonds. The van der Waals surface area contributed by atoms with Crippen LogP contribution in [0.2, 0.25) is 0 Å². The zero-order valence-electron chi connectivity index (χ0n) is 9.84. The first-order chi connectivity index (χ1) is 9.25. The first-order valence-corrected chi connectivity index (χ1v) is 6.76. The van der Waals surface area contributed by atoms with Crippen LogP contribution in [0.1, 0.15) is 5.56 Å². The Morgan fingerprint density at radius 3 is 2.95 bits per heavy atom. The number of nitrogens with one attached hydrogen (secondary N) is 1. The van der Waals surface area contributed by atoms with Crippen molar-refractivity contribution in [3.05, 3.63) is 49.5 Å². The van der Waals surface area contributed by atoms with Gasteiger partial charge in [-0.05, 0) is 6.07 Å². The minimum absolute atomic E-state index is 0.108. The van der Waals surface area contributed by atoms with Gasteiger partial charge in [0.05, 0.1) is 12.1 Å². The molecular formula is C13H9N3O2S. The number of para-hydroxylation sites is 1. The predicted molar refractivity (Wildman–Crippen MR) is 71.8 cm³/mol. The maximum Gasteiger partial charge on any atom is 0.271 e. The van der Waals surface area contributed by atoms with Crippen LogP contribution in [0.25, 0.3) is 5.57 Å². The Morgan fingerprint density at radius 2 is 2.11 bits per heavy atom. The highest BCUT2D eigenvalue weighted by Crippen LogP contribution is 2.29. The molecule has 1 aromatic carbocycles. The fourth-order valence-electron chi connectivity index (χ4n) is 2.46. The van der Waals surface area contributed by atoms with Crippen LogP contribution < -0.4 is 20.2 Å². The van der Waals surface area contributed by atoms with Crippen LogP contribution in [0.5, 0.6) is 0 Å². The summed E-state index contributed by atoms with van der Waals surface area (Å²) in [7, 11) is 0. The molecular weight excluding hydrogens is 262 g/mol. The highest BCUT2D eigenvalue weighted by atomic mass is 32.1. The van der Waals surface area contributed by atoms with Crippen LogP contribution in [-0.4, -0.2) is 17.0 Å². The highest BCUT2D eigenvalue weighted by molar-refractivity contribution is 7.07. The smallest absolute Gasteiger partial charge is 0.271 e. The summed E-state index contributed by atoms with van der Waals surface area (Å²) in [4.78, 5) is 29.4. The lowest BCUT2D eigenvalue weighted by Gasteiger charge is -1.94. The van der Waals surface area contributed by atoms with Gasteiger partial charge in [-0.3, -0.25) is 19.1 Å². The fraction of sp³-hybridized carbons (Fsp3) is 0.154. The minimum atomic E-state index is -0.209. The SMILES string of the molecule is O=C1Nc2ccccc2/C1=c1/sc2n(c1=O)CCN=2. The largest absolute Gasteiger partial charge is 0.321 e. The first kappa shape index (κ1) is 10.7. The van der Waals surface area contributed by atoms with Crippen molar-refractivity contribution in [3.8, 4) is 0 Å². The van der Waals surface area contributed by atoms with Crippen LogP contribution in [0.4, 0.5) is 5.69 Å².